The highest BCUT2D eigenvalue weighted by atomic mass is 35.5. The predicted molar refractivity (Wildman–Crippen MR) is 81.5 cm³/mol. The standard InChI is InChI=1S/C15H22ClNS/c1-11(2)17-10-12-7-8-14(9-15(12)16)18-13-5-3-4-6-13/h7-9,11,13,17H,3-6,10H2,1-2H3. The van der Waals surface area contributed by atoms with E-state index in [0.717, 1.165) is 16.8 Å². The molecule has 0 spiro atoms. The fraction of sp³-hybridized carbons (Fsp3) is 0.600. The van der Waals surface area contributed by atoms with Crippen LogP contribution in [0.3, 0.4) is 0 Å². The van der Waals surface area contributed by atoms with Gasteiger partial charge in [0.2, 0.25) is 0 Å². The number of halogens is 1. The summed E-state index contributed by atoms with van der Waals surface area (Å²) in [7, 11) is 0. The van der Waals surface area contributed by atoms with Crippen LogP contribution in [0.5, 0.6) is 0 Å². The Hall–Kier alpha value is -0.180. The summed E-state index contributed by atoms with van der Waals surface area (Å²) in [6.45, 7) is 5.15. The van der Waals surface area contributed by atoms with Crippen molar-refractivity contribution < 1.29 is 0 Å². The zero-order chi connectivity index (χ0) is 13.0. The summed E-state index contributed by atoms with van der Waals surface area (Å²) in [5, 5.41) is 5.10. The molecule has 0 aromatic heterocycles. The van der Waals surface area contributed by atoms with Crippen molar-refractivity contribution in [1.29, 1.82) is 0 Å². The van der Waals surface area contributed by atoms with Crippen LogP contribution < -0.4 is 5.32 Å². The monoisotopic (exact) mass is 283 g/mol. The highest BCUT2D eigenvalue weighted by molar-refractivity contribution is 8.00. The topological polar surface area (TPSA) is 12.0 Å². The van der Waals surface area contributed by atoms with E-state index in [1.807, 2.05) is 11.8 Å². The average Bonchev–Trinajstić information content (AvgIpc) is 2.80. The van der Waals surface area contributed by atoms with Gasteiger partial charge in [-0.2, -0.15) is 0 Å². The molecule has 0 bridgehead atoms. The zero-order valence-electron chi connectivity index (χ0n) is 11.2. The highest BCUT2D eigenvalue weighted by Crippen LogP contribution is 2.36. The lowest BCUT2D eigenvalue weighted by Gasteiger charge is -2.12. The summed E-state index contributed by atoms with van der Waals surface area (Å²) in [6.07, 6.45) is 5.50. The molecule has 0 heterocycles. The average molecular weight is 284 g/mol. The van der Waals surface area contributed by atoms with Crippen molar-refractivity contribution >= 4 is 23.4 Å². The Morgan fingerprint density at radius 3 is 2.67 bits per heavy atom. The molecule has 1 nitrogen and oxygen atoms in total. The first-order valence-corrected chi connectivity index (χ1v) is 8.09. The van der Waals surface area contributed by atoms with Crippen LogP contribution in [0.15, 0.2) is 23.1 Å². The van der Waals surface area contributed by atoms with Crippen molar-refractivity contribution in [1.82, 2.24) is 5.32 Å². The van der Waals surface area contributed by atoms with Crippen LogP contribution in [0.4, 0.5) is 0 Å². The number of hydrogen-bond acceptors (Lipinski definition) is 2. The van der Waals surface area contributed by atoms with Gasteiger partial charge in [0, 0.05) is 27.8 Å². The number of nitrogens with one attached hydrogen (secondary N) is 1. The Balaban J connectivity index is 1.95. The highest BCUT2D eigenvalue weighted by Gasteiger charge is 2.16. The molecule has 1 saturated carbocycles. The van der Waals surface area contributed by atoms with Crippen LogP contribution in [0.25, 0.3) is 0 Å². The maximum Gasteiger partial charge on any atom is 0.0462 e. The van der Waals surface area contributed by atoms with E-state index in [0.29, 0.717) is 6.04 Å². The summed E-state index contributed by atoms with van der Waals surface area (Å²) in [5.74, 6) is 0. The van der Waals surface area contributed by atoms with Crippen LogP contribution >= 0.6 is 23.4 Å². The second kappa shape index (κ2) is 6.83. The molecule has 18 heavy (non-hydrogen) atoms. The molecule has 1 fully saturated rings. The molecule has 0 unspecified atom stereocenters. The zero-order valence-corrected chi connectivity index (χ0v) is 12.8. The van der Waals surface area contributed by atoms with E-state index < -0.39 is 0 Å². The van der Waals surface area contributed by atoms with Gasteiger partial charge in [-0.15, -0.1) is 11.8 Å². The van der Waals surface area contributed by atoms with Gasteiger partial charge in [-0.3, -0.25) is 0 Å². The van der Waals surface area contributed by atoms with Gasteiger partial charge >= 0.3 is 0 Å². The van der Waals surface area contributed by atoms with Gasteiger partial charge in [0.25, 0.3) is 0 Å². The van der Waals surface area contributed by atoms with E-state index in [2.05, 4.69) is 37.4 Å². The Bertz CT molecular complexity index is 386. The molecule has 1 aliphatic rings. The van der Waals surface area contributed by atoms with Crippen molar-refractivity contribution in [3.8, 4) is 0 Å². The van der Waals surface area contributed by atoms with Crippen LogP contribution in [0.1, 0.15) is 45.1 Å². The largest absolute Gasteiger partial charge is 0.310 e. The van der Waals surface area contributed by atoms with E-state index in [1.165, 1.54) is 36.1 Å². The third kappa shape index (κ3) is 4.18. The lowest BCUT2D eigenvalue weighted by molar-refractivity contribution is 0.589. The molecule has 1 N–H and O–H groups in total. The van der Waals surface area contributed by atoms with Crippen molar-refractivity contribution in [2.45, 2.75) is 62.3 Å². The minimum absolute atomic E-state index is 0.494. The molecule has 0 atom stereocenters. The first-order valence-electron chi connectivity index (χ1n) is 6.83. The lowest BCUT2D eigenvalue weighted by atomic mass is 10.2. The van der Waals surface area contributed by atoms with Gasteiger partial charge in [0.1, 0.15) is 0 Å². The SMILES string of the molecule is CC(C)NCc1ccc(SC2CCCC2)cc1Cl. The molecular weight excluding hydrogens is 262 g/mol. The Kier molecular flexibility index (Phi) is 5.40. The van der Waals surface area contributed by atoms with Crippen LogP contribution in [-0.2, 0) is 6.54 Å². The molecule has 0 amide bonds. The van der Waals surface area contributed by atoms with Crippen LogP contribution in [-0.4, -0.2) is 11.3 Å². The molecule has 1 aromatic rings. The van der Waals surface area contributed by atoms with Gasteiger partial charge in [0.05, 0.1) is 0 Å². The fourth-order valence-electron chi connectivity index (χ4n) is 2.26. The molecular formula is C15H22ClNS. The van der Waals surface area contributed by atoms with E-state index in [9.17, 15) is 0 Å². The third-order valence-corrected chi connectivity index (χ3v) is 5.01. The molecule has 0 aliphatic heterocycles. The second-order valence-electron chi connectivity index (χ2n) is 5.31. The van der Waals surface area contributed by atoms with Crippen molar-refractivity contribution in [3.05, 3.63) is 28.8 Å². The minimum atomic E-state index is 0.494. The number of hydrogen-bond donors (Lipinski definition) is 1. The maximum absolute atomic E-state index is 6.34. The van der Waals surface area contributed by atoms with Crippen molar-refractivity contribution in [2.24, 2.45) is 0 Å². The summed E-state index contributed by atoms with van der Waals surface area (Å²) in [6, 6.07) is 7.00. The molecule has 2 rings (SSSR count). The lowest BCUT2D eigenvalue weighted by Crippen LogP contribution is -2.21. The molecule has 100 valence electrons. The Morgan fingerprint density at radius 2 is 2.06 bits per heavy atom. The third-order valence-electron chi connectivity index (χ3n) is 3.33. The molecule has 0 radical (unpaired) electrons. The fourth-order valence-corrected chi connectivity index (χ4v) is 3.86. The van der Waals surface area contributed by atoms with Crippen molar-refractivity contribution in [3.63, 3.8) is 0 Å². The first kappa shape index (κ1) is 14.2. The number of benzene rings is 1. The molecule has 1 aromatic carbocycles. The number of thioether (sulfide) groups is 1. The van der Waals surface area contributed by atoms with E-state index >= 15 is 0 Å². The molecule has 1 aliphatic carbocycles. The first-order chi connectivity index (χ1) is 8.65. The molecule has 3 heteroatoms. The summed E-state index contributed by atoms with van der Waals surface area (Å²) < 4.78 is 0. The normalized spacial score (nSPS) is 16.7. The predicted octanol–water partition coefficient (Wildman–Crippen LogP) is 4.87. The van der Waals surface area contributed by atoms with Crippen LogP contribution in [0.2, 0.25) is 5.02 Å². The van der Waals surface area contributed by atoms with Gasteiger partial charge < -0.3 is 5.32 Å². The number of rotatable bonds is 5. The van der Waals surface area contributed by atoms with E-state index in [-0.39, 0.29) is 0 Å². The quantitative estimate of drug-likeness (QED) is 0.827. The van der Waals surface area contributed by atoms with Gasteiger partial charge in [-0.1, -0.05) is 44.4 Å². The smallest absolute Gasteiger partial charge is 0.0462 e. The second-order valence-corrected chi connectivity index (χ2v) is 7.09. The van der Waals surface area contributed by atoms with E-state index in [1.54, 1.807) is 0 Å². The molecule has 0 saturated heterocycles. The van der Waals surface area contributed by atoms with Gasteiger partial charge in [-0.25, -0.2) is 0 Å². The van der Waals surface area contributed by atoms with Crippen molar-refractivity contribution in [2.75, 3.05) is 0 Å². The Morgan fingerprint density at radius 1 is 1.33 bits per heavy atom. The van der Waals surface area contributed by atoms with Gasteiger partial charge in [-0.05, 0) is 30.5 Å². The Labute approximate surface area is 120 Å². The summed E-state index contributed by atoms with van der Waals surface area (Å²) in [4.78, 5) is 1.32. The summed E-state index contributed by atoms with van der Waals surface area (Å²) in [5.41, 5.74) is 1.20. The maximum atomic E-state index is 6.34. The summed E-state index contributed by atoms with van der Waals surface area (Å²) >= 11 is 8.34. The van der Waals surface area contributed by atoms with Gasteiger partial charge in [0.15, 0.2) is 0 Å². The van der Waals surface area contributed by atoms with E-state index in [4.69, 9.17) is 11.6 Å². The van der Waals surface area contributed by atoms with Crippen LogP contribution in [0, 0.1) is 0 Å². The minimum Gasteiger partial charge on any atom is -0.310 e.